The smallest absolute Gasteiger partial charge is 0.325 e. The van der Waals surface area contributed by atoms with Crippen LogP contribution >= 0.6 is 11.6 Å². The molecule has 0 saturated heterocycles. The van der Waals surface area contributed by atoms with Gasteiger partial charge in [-0.15, -0.1) is 0 Å². The summed E-state index contributed by atoms with van der Waals surface area (Å²) in [6.07, 6.45) is 0. The minimum absolute atomic E-state index is 0.0381. The van der Waals surface area contributed by atoms with Crippen LogP contribution < -0.4 is 5.32 Å². The van der Waals surface area contributed by atoms with Crippen molar-refractivity contribution in [2.45, 2.75) is 13.0 Å². The maximum absolute atomic E-state index is 12.7. The van der Waals surface area contributed by atoms with Gasteiger partial charge in [-0.2, -0.15) is 0 Å². The molecule has 0 aromatic heterocycles. The first kappa shape index (κ1) is 12.4. The van der Waals surface area contributed by atoms with Gasteiger partial charge in [-0.1, -0.05) is 11.6 Å². The number of carboxylic acid groups (broad SMARTS) is 1. The summed E-state index contributed by atoms with van der Waals surface area (Å²) < 4.78 is 12.7. The van der Waals surface area contributed by atoms with Gasteiger partial charge in [0, 0.05) is 0 Å². The number of rotatable bonds is 3. The highest BCUT2D eigenvalue weighted by Gasteiger charge is 2.17. The first-order chi connectivity index (χ1) is 7.41. The Hall–Kier alpha value is -1.62. The molecule has 0 unspecified atom stereocenters. The van der Waals surface area contributed by atoms with E-state index in [1.807, 2.05) is 0 Å². The fourth-order valence-corrected chi connectivity index (χ4v) is 1.26. The molecule has 1 aromatic carbocycles. The second-order valence-corrected chi connectivity index (χ2v) is 3.56. The van der Waals surface area contributed by atoms with Gasteiger partial charge < -0.3 is 10.4 Å². The summed E-state index contributed by atoms with van der Waals surface area (Å²) in [5.74, 6) is -2.38. The first-order valence-corrected chi connectivity index (χ1v) is 4.78. The van der Waals surface area contributed by atoms with Crippen molar-refractivity contribution in [3.63, 3.8) is 0 Å². The highest BCUT2D eigenvalue weighted by molar-refractivity contribution is 6.33. The second kappa shape index (κ2) is 4.94. The summed E-state index contributed by atoms with van der Waals surface area (Å²) in [6.45, 7) is 1.32. The van der Waals surface area contributed by atoms with E-state index in [0.717, 1.165) is 12.1 Å². The molecule has 0 aliphatic heterocycles. The first-order valence-electron chi connectivity index (χ1n) is 4.40. The summed E-state index contributed by atoms with van der Waals surface area (Å²) in [7, 11) is 0. The molecule has 2 N–H and O–H groups in total. The summed E-state index contributed by atoms with van der Waals surface area (Å²) in [4.78, 5) is 22.0. The van der Waals surface area contributed by atoms with Crippen molar-refractivity contribution < 1.29 is 19.1 Å². The Morgan fingerprint density at radius 1 is 1.50 bits per heavy atom. The molecule has 0 bridgehead atoms. The fraction of sp³-hybridized carbons (Fsp3) is 0.200. The highest BCUT2D eigenvalue weighted by atomic mass is 35.5. The molecule has 6 heteroatoms. The lowest BCUT2D eigenvalue weighted by Crippen LogP contribution is -2.38. The average molecular weight is 246 g/mol. The summed E-state index contributed by atoms with van der Waals surface area (Å²) in [6, 6.07) is 2.23. The molecule has 0 aliphatic carbocycles. The third kappa shape index (κ3) is 2.93. The average Bonchev–Trinajstić information content (AvgIpc) is 2.16. The lowest BCUT2D eigenvalue weighted by atomic mass is 10.2. The topological polar surface area (TPSA) is 66.4 Å². The van der Waals surface area contributed by atoms with Crippen LogP contribution in [0.3, 0.4) is 0 Å². The van der Waals surface area contributed by atoms with Gasteiger partial charge in [0.1, 0.15) is 11.9 Å². The van der Waals surface area contributed by atoms with E-state index in [0.29, 0.717) is 0 Å². The molecule has 86 valence electrons. The zero-order chi connectivity index (χ0) is 12.3. The van der Waals surface area contributed by atoms with Gasteiger partial charge in [0.25, 0.3) is 5.91 Å². The Morgan fingerprint density at radius 3 is 2.62 bits per heavy atom. The van der Waals surface area contributed by atoms with Gasteiger partial charge in [0.15, 0.2) is 0 Å². The van der Waals surface area contributed by atoms with Gasteiger partial charge in [-0.25, -0.2) is 4.39 Å². The molecule has 0 fully saturated rings. The number of hydrogen-bond donors (Lipinski definition) is 2. The van der Waals surface area contributed by atoms with E-state index in [-0.39, 0.29) is 10.6 Å². The van der Waals surface area contributed by atoms with Crippen molar-refractivity contribution in [3.05, 3.63) is 34.6 Å². The van der Waals surface area contributed by atoms with E-state index in [9.17, 15) is 14.0 Å². The molecule has 1 rings (SSSR count). The molecule has 0 spiro atoms. The minimum atomic E-state index is -1.16. The molecule has 1 atom stereocenters. The number of nitrogens with one attached hydrogen (secondary N) is 1. The van der Waals surface area contributed by atoms with Gasteiger partial charge >= 0.3 is 5.97 Å². The molecular formula is C10H9ClFNO3. The zero-order valence-corrected chi connectivity index (χ0v) is 9.08. The van der Waals surface area contributed by atoms with Gasteiger partial charge in [0.05, 0.1) is 10.6 Å². The number of benzene rings is 1. The number of halogens is 2. The number of carboxylic acids is 1. The van der Waals surface area contributed by atoms with Gasteiger partial charge in [-0.05, 0) is 25.1 Å². The molecule has 0 saturated carbocycles. The maximum Gasteiger partial charge on any atom is 0.325 e. The normalized spacial score (nSPS) is 11.9. The highest BCUT2D eigenvalue weighted by Crippen LogP contribution is 2.17. The molecule has 4 nitrogen and oxygen atoms in total. The van der Waals surface area contributed by atoms with Crippen LogP contribution in [0.25, 0.3) is 0 Å². The van der Waals surface area contributed by atoms with Crippen LogP contribution in [0.2, 0.25) is 5.02 Å². The largest absolute Gasteiger partial charge is 0.480 e. The van der Waals surface area contributed by atoms with Crippen LogP contribution in [-0.2, 0) is 4.79 Å². The van der Waals surface area contributed by atoms with Crippen molar-refractivity contribution in [2.75, 3.05) is 0 Å². The monoisotopic (exact) mass is 245 g/mol. The summed E-state index contributed by atoms with van der Waals surface area (Å²) >= 11 is 5.64. The lowest BCUT2D eigenvalue weighted by molar-refractivity contribution is -0.138. The minimum Gasteiger partial charge on any atom is -0.480 e. The standard InChI is InChI=1S/C10H9ClFNO3/c1-5(10(15)16)13-9(14)7-3-2-6(12)4-8(7)11/h2-5H,1H3,(H,13,14)(H,15,16)/t5-/m1/s1. The molecule has 0 heterocycles. The lowest BCUT2D eigenvalue weighted by Gasteiger charge is -2.10. The third-order valence-electron chi connectivity index (χ3n) is 1.89. The van der Waals surface area contributed by atoms with Crippen LogP contribution in [0.15, 0.2) is 18.2 Å². The maximum atomic E-state index is 12.7. The molecule has 0 aliphatic rings. The summed E-state index contributed by atoms with van der Waals surface area (Å²) in [5.41, 5.74) is 0.0381. The number of carbonyl (C=O) groups is 2. The van der Waals surface area contributed by atoms with E-state index in [1.165, 1.54) is 13.0 Å². The number of hydrogen-bond acceptors (Lipinski definition) is 2. The van der Waals surface area contributed by atoms with E-state index in [4.69, 9.17) is 16.7 Å². The van der Waals surface area contributed by atoms with Crippen LogP contribution in [-0.4, -0.2) is 23.0 Å². The quantitative estimate of drug-likeness (QED) is 0.852. The molecule has 1 amide bonds. The van der Waals surface area contributed by atoms with Gasteiger partial charge in [0.2, 0.25) is 0 Å². The van der Waals surface area contributed by atoms with Crippen molar-refractivity contribution in [1.29, 1.82) is 0 Å². The van der Waals surface area contributed by atoms with E-state index < -0.39 is 23.7 Å². The Balaban J connectivity index is 2.85. The predicted molar refractivity (Wildman–Crippen MR) is 56.0 cm³/mol. The van der Waals surface area contributed by atoms with Crippen molar-refractivity contribution >= 4 is 23.5 Å². The molecule has 1 aromatic rings. The van der Waals surface area contributed by atoms with Crippen LogP contribution in [0.4, 0.5) is 4.39 Å². The van der Waals surface area contributed by atoms with Crippen molar-refractivity contribution in [3.8, 4) is 0 Å². The zero-order valence-electron chi connectivity index (χ0n) is 8.33. The van der Waals surface area contributed by atoms with E-state index in [2.05, 4.69) is 5.32 Å². The SMILES string of the molecule is C[C@@H](NC(=O)c1ccc(F)cc1Cl)C(=O)O. The third-order valence-corrected chi connectivity index (χ3v) is 2.21. The number of amides is 1. The molecule has 16 heavy (non-hydrogen) atoms. The Morgan fingerprint density at radius 2 is 2.12 bits per heavy atom. The Labute approximate surface area is 96.0 Å². The Kier molecular flexibility index (Phi) is 3.84. The molecular weight excluding hydrogens is 237 g/mol. The molecule has 0 radical (unpaired) electrons. The summed E-state index contributed by atoms with van der Waals surface area (Å²) in [5, 5.41) is 10.7. The van der Waals surface area contributed by atoms with Gasteiger partial charge in [-0.3, -0.25) is 9.59 Å². The Bertz CT molecular complexity index is 436. The van der Waals surface area contributed by atoms with Crippen molar-refractivity contribution in [1.82, 2.24) is 5.32 Å². The van der Waals surface area contributed by atoms with E-state index >= 15 is 0 Å². The van der Waals surface area contributed by atoms with Crippen LogP contribution in [0, 0.1) is 5.82 Å². The number of carbonyl (C=O) groups excluding carboxylic acids is 1. The van der Waals surface area contributed by atoms with Crippen LogP contribution in [0.5, 0.6) is 0 Å². The van der Waals surface area contributed by atoms with E-state index in [1.54, 1.807) is 0 Å². The second-order valence-electron chi connectivity index (χ2n) is 3.16. The van der Waals surface area contributed by atoms with Crippen molar-refractivity contribution in [2.24, 2.45) is 0 Å². The van der Waals surface area contributed by atoms with Crippen LogP contribution in [0.1, 0.15) is 17.3 Å². The fourth-order valence-electron chi connectivity index (χ4n) is 1.01. The number of aliphatic carboxylic acids is 1. The predicted octanol–water partition coefficient (Wildman–Crippen LogP) is 1.68.